The lowest BCUT2D eigenvalue weighted by Crippen LogP contribution is -2.37. The number of hydrogen-bond acceptors (Lipinski definition) is 4. The van der Waals surface area contributed by atoms with Crippen molar-refractivity contribution in [3.63, 3.8) is 0 Å². The summed E-state index contributed by atoms with van der Waals surface area (Å²) in [7, 11) is 0. The summed E-state index contributed by atoms with van der Waals surface area (Å²) in [5.41, 5.74) is 3.17. The molecule has 0 spiro atoms. The fourth-order valence-corrected chi connectivity index (χ4v) is 4.25. The molecule has 5 heteroatoms. The molecule has 4 rings (SSSR count). The zero-order valence-electron chi connectivity index (χ0n) is 15.8. The van der Waals surface area contributed by atoms with Gasteiger partial charge in [-0.2, -0.15) is 0 Å². The molecule has 1 aliphatic heterocycles. The first-order valence-corrected chi connectivity index (χ1v) is 10.5. The van der Waals surface area contributed by atoms with Gasteiger partial charge >= 0.3 is 0 Å². The van der Waals surface area contributed by atoms with Crippen LogP contribution >= 0.6 is 11.3 Å². The molecular weight excluding hydrogens is 368 g/mol. The van der Waals surface area contributed by atoms with Crippen molar-refractivity contribution in [3.05, 3.63) is 87.6 Å². The molecule has 144 valence electrons. The molecule has 0 bridgehead atoms. The van der Waals surface area contributed by atoms with Crippen LogP contribution in [0.1, 0.15) is 26.4 Å². The van der Waals surface area contributed by atoms with Crippen molar-refractivity contribution < 1.29 is 9.53 Å². The van der Waals surface area contributed by atoms with Crippen LogP contribution in [0, 0.1) is 0 Å². The molecule has 2 aromatic carbocycles. The third-order valence-electron chi connectivity index (χ3n) is 4.97. The van der Waals surface area contributed by atoms with Crippen molar-refractivity contribution >= 4 is 17.2 Å². The molecule has 3 aromatic rings. The number of nitrogens with one attached hydrogen (secondary N) is 1. The van der Waals surface area contributed by atoms with E-state index in [9.17, 15) is 4.79 Å². The lowest BCUT2D eigenvalue weighted by molar-refractivity contribution is 0.0947. The Hall–Kier alpha value is -2.63. The highest BCUT2D eigenvalue weighted by atomic mass is 32.1. The van der Waals surface area contributed by atoms with Crippen LogP contribution in [0.4, 0.5) is 0 Å². The van der Waals surface area contributed by atoms with E-state index in [0.29, 0.717) is 18.7 Å². The van der Waals surface area contributed by atoms with Gasteiger partial charge in [0.1, 0.15) is 12.4 Å². The van der Waals surface area contributed by atoms with Gasteiger partial charge in [-0.15, -0.1) is 11.3 Å². The summed E-state index contributed by atoms with van der Waals surface area (Å²) in [4.78, 5) is 16.3. The van der Waals surface area contributed by atoms with Gasteiger partial charge in [-0.3, -0.25) is 9.69 Å². The first-order chi connectivity index (χ1) is 13.8. The van der Waals surface area contributed by atoms with E-state index in [1.54, 1.807) is 0 Å². The van der Waals surface area contributed by atoms with Gasteiger partial charge in [0.15, 0.2) is 0 Å². The summed E-state index contributed by atoms with van der Waals surface area (Å²) < 4.78 is 5.74. The zero-order valence-corrected chi connectivity index (χ0v) is 16.6. The minimum atomic E-state index is -0.0243. The summed E-state index contributed by atoms with van der Waals surface area (Å²) in [5.74, 6) is 0.820. The Kier molecular flexibility index (Phi) is 6.04. The standard InChI is InChI=1S/C23H24N2O2S/c26-23(24-12-14-25-13-10-22-20(16-25)11-15-28-22)19-8-6-18(7-9-19)17-27-21-4-2-1-3-5-21/h1-9,11,15H,10,12-14,16-17H2,(H,24,26). The Morgan fingerprint density at radius 1 is 1.07 bits per heavy atom. The van der Waals surface area contributed by atoms with Crippen LogP contribution in [-0.2, 0) is 19.6 Å². The molecule has 0 aliphatic carbocycles. The molecular formula is C23H24N2O2S. The van der Waals surface area contributed by atoms with Gasteiger partial charge in [-0.1, -0.05) is 30.3 Å². The van der Waals surface area contributed by atoms with Crippen LogP contribution in [0.25, 0.3) is 0 Å². The van der Waals surface area contributed by atoms with Crippen molar-refractivity contribution in [2.45, 2.75) is 19.6 Å². The van der Waals surface area contributed by atoms with Crippen LogP contribution in [-0.4, -0.2) is 30.4 Å². The molecule has 1 aliphatic rings. The van der Waals surface area contributed by atoms with E-state index in [2.05, 4.69) is 21.7 Å². The van der Waals surface area contributed by atoms with E-state index in [0.717, 1.165) is 37.4 Å². The highest BCUT2D eigenvalue weighted by Gasteiger charge is 2.16. The number of para-hydroxylation sites is 1. The minimum Gasteiger partial charge on any atom is -0.489 e. The number of nitrogens with zero attached hydrogens (tertiary/aromatic N) is 1. The molecule has 0 radical (unpaired) electrons. The molecule has 1 N–H and O–H groups in total. The number of carbonyl (C=O) groups is 1. The Labute approximate surface area is 169 Å². The number of benzene rings is 2. The van der Waals surface area contributed by atoms with Gasteiger partial charge in [0.25, 0.3) is 5.91 Å². The lowest BCUT2D eigenvalue weighted by Gasteiger charge is -2.26. The predicted octanol–water partition coefficient (Wildman–Crippen LogP) is 4.12. The van der Waals surface area contributed by atoms with Crippen LogP contribution in [0.3, 0.4) is 0 Å². The summed E-state index contributed by atoms with van der Waals surface area (Å²) in [5, 5.41) is 5.20. The van der Waals surface area contributed by atoms with Crippen LogP contribution in [0.2, 0.25) is 0 Å². The van der Waals surface area contributed by atoms with Gasteiger partial charge in [-0.05, 0) is 53.3 Å². The van der Waals surface area contributed by atoms with Crippen molar-refractivity contribution in [2.24, 2.45) is 0 Å². The monoisotopic (exact) mass is 392 g/mol. The van der Waals surface area contributed by atoms with Crippen molar-refractivity contribution in [3.8, 4) is 5.75 Å². The van der Waals surface area contributed by atoms with Crippen LogP contribution in [0.5, 0.6) is 5.75 Å². The van der Waals surface area contributed by atoms with Crippen molar-refractivity contribution in [1.82, 2.24) is 10.2 Å². The first-order valence-electron chi connectivity index (χ1n) is 9.60. The topological polar surface area (TPSA) is 41.6 Å². The number of amides is 1. The van der Waals surface area contributed by atoms with Gasteiger partial charge in [-0.25, -0.2) is 0 Å². The summed E-state index contributed by atoms with van der Waals surface area (Å²) >= 11 is 1.85. The van der Waals surface area contributed by atoms with E-state index in [4.69, 9.17) is 4.74 Å². The summed E-state index contributed by atoms with van der Waals surface area (Å²) in [6.45, 7) is 4.09. The molecule has 1 amide bonds. The second-order valence-electron chi connectivity index (χ2n) is 6.95. The van der Waals surface area contributed by atoms with Gasteiger partial charge in [0.05, 0.1) is 0 Å². The third kappa shape index (κ3) is 4.80. The zero-order chi connectivity index (χ0) is 19.2. The third-order valence-corrected chi connectivity index (χ3v) is 5.99. The maximum atomic E-state index is 12.4. The first kappa shape index (κ1) is 18.7. The number of carbonyl (C=O) groups excluding carboxylic acids is 1. The van der Waals surface area contributed by atoms with E-state index in [1.165, 1.54) is 10.4 Å². The SMILES string of the molecule is O=C(NCCN1CCc2sccc2C1)c1ccc(COc2ccccc2)cc1. The van der Waals surface area contributed by atoms with E-state index in [1.807, 2.05) is 65.9 Å². The molecule has 2 heterocycles. The Bertz CT molecular complexity index is 906. The molecule has 0 unspecified atom stereocenters. The summed E-state index contributed by atoms with van der Waals surface area (Å²) in [6, 6.07) is 19.6. The van der Waals surface area contributed by atoms with Gasteiger partial charge < -0.3 is 10.1 Å². The normalized spacial score (nSPS) is 13.7. The maximum absolute atomic E-state index is 12.4. The predicted molar refractivity (Wildman–Crippen MR) is 113 cm³/mol. The Balaban J connectivity index is 1.21. The Morgan fingerprint density at radius 3 is 2.71 bits per heavy atom. The number of fused-ring (bicyclic) bond motifs is 1. The highest BCUT2D eigenvalue weighted by molar-refractivity contribution is 7.10. The molecule has 1 aromatic heterocycles. The number of hydrogen-bond donors (Lipinski definition) is 1. The maximum Gasteiger partial charge on any atom is 0.251 e. The van der Waals surface area contributed by atoms with Crippen LogP contribution in [0.15, 0.2) is 66.0 Å². The van der Waals surface area contributed by atoms with Gasteiger partial charge in [0, 0.05) is 36.6 Å². The Morgan fingerprint density at radius 2 is 1.89 bits per heavy atom. The average molecular weight is 393 g/mol. The highest BCUT2D eigenvalue weighted by Crippen LogP contribution is 2.23. The molecule has 0 saturated heterocycles. The van der Waals surface area contributed by atoms with Gasteiger partial charge in [0.2, 0.25) is 0 Å². The number of ether oxygens (including phenoxy) is 1. The van der Waals surface area contributed by atoms with Crippen molar-refractivity contribution in [1.29, 1.82) is 0 Å². The fraction of sp³-hybridized carbons (Fsp3) is 0.261. The second kappa shape index (κ2) is 9.04. The smallest absolute Gasteiger partial charge is 0.251 e. The average Bonchev–Trinajstić information content (AvgIpc) is 3.21. The van der Waals surface area contributed by atoms with E-state index >= 15 is 0 Å². The quantitative estimate of drug-likeness (QED) is 0.658. The molecule has 28 heavy (non-hydrogen) atoms. The second-order valence-corrected chi connectivity index (χ2v) is 7.95. The van der Waals surface area contributed by atoms with Crippen LogP contribution < -0.4 is 10.1 Å². The molecule has 0 saturated carbocycles. The van der Waals surface area contributed by atoms with E-state index < -0.39 is 0 Å². The number of rotatable bonds is 7. The van der Waals surface area contributed by atoms with Crippen molar-refractivity contribution in [2.75, 3.05) is 19.6 Å². The largest absolute Gasteiger partial charge is 0.489 e. The molecule has 0 fully saturated rings. The molecule has 4 nitrogen and oxygen atoms in total. The van der Waals surface area contributed by atoms with E-state index in [-0.39, 0.29) is 5.91 Å². The molecule has 0 atom stereocenters. The minimum absolute atomic E-state index is 0.0243. The number of thiophene rings is 1. The summed E-state index contributed by atoms with van der Waals surface area (Å²) in [6.07, 6.45) is 1.12. The lowest BCUT2D eigenvalue weighted by atomic mass is 10.1. The fourth-order valence-electron chi connectivity index (χ4n) is 3.36.